The summed E-state index contributed by atoms with van der Waals surface area (Å²) in [5.41, 5.74) is 7.32. The molecule has 1 atom stereocenters. The maximum absolute atomic E-state index is 12.0. The van der Waals surface area contributed by atoms with Gasteiger partial charge in [0.2, 0.25) is 5.91 Å². The Morgan fingerprint density at radius 2 is 2.31 bits per heavy atom. The Kier molecular flexibility index (Phi) is 2.83. The van der Waals surface area contributed by atoms with E-state index in [-0.39, 0.29) is 5.91 Å². The van der Waals surface area contributed by atoms with E-state index in [2.05, 4.69) is 11.6 Å². The summed E-state index contributed by atoms with van der Waals surface area (Å²) in [5, 5.41) is 0. The maximum Gasteiger partial charge on any atom is 0.249 e. The van der Waals surface area contributed by atoms with Crippen molar-refractivity contribution in [1.29, 1.82) is 0 Å². The third-order valence-electron chi connectivity index (χ3n) is 2.43. The van der Waals surface area contributed by atoms with Gasteiger partial charge in [-0.2, -0.15) is 0 Å². The molecule has 0 amide bonds. The van der Waals surface area contributed by atoms with Gasteiger partial charge in [-0.05, 0) is 18.6 Å². The van der Waals surface area contributed by atoms with Crippen molar-refractivity contribution in [1.82, 2.24) is 9.55 Å². The predicted octanol–water partition coefficient (Wildman–Crippen LogP) is 1.58. The summed E-state index contributed by atoms with van der Waals surface area (Å²) in [6.45, 7) is 3.57. The van der Waals surface area contributed by atoms with Gasteiger partial charge >= 0.3 is 0 Å². The van der Waals surface area contributed by atoms with Crippen LogP contribution < -0.4 is 5.73 Å². The minimum atomic E-state index is -0.560. The highest BCUT2D eigenvalue weighted by molar-refractivity contribution is 5.93. The van der Waals surface area contributed by atoms with E-state index in [0.717, 1.165) is 11.0 Å². The van der Waals surface area contributed by atoms with Crippen molar-refractivity contribution in [3.05, 3.63) is 43.2 Å². The average molecular weight is 215 g/mol. The van der Waals surface area contributed by atoms with Crippen molar-refractivity contribution in [2.45, 2.75) is 12.5 Å². The van der Waals surface area contributed by atoms with Crippen LogP contribution in [0.2, 0.25) is 0 Å². The number of carbonyl (C=O) groups excluding carboxylic acids is 1. The molecule has 16 heavy (non-hydrogen) atoms. The molecule has 2 N–H and O–H groups in total. The van der Waals surface area contributed by atoms with Gasteiger partial charge < -0.3 is 5.73 Å². The van der Waals surface area contributed by atoms with Gasteiger partial charge in [0.15, 0.2) is 0 Å². The highest BCUT2D eigenvalue weighted by atomic mass is 16.2. The summed E-state index contributed by atoms with van der Waals surface area (Å²) in [6.07, 6.45) is 3.61. The van der Waals surface area contributed by atoms with Crippen molar-refractivity contribution < 1.29 is 4.79 Å². The Morgan fingerprint density at radius 1 is 1.56 bits per heavy atom. The fraction of sp³-hybridized carbons (Fsp3) is 0.167. The molecule has 0 aliphatic heterocycles. The van der Waals surface area contributed by atoms with E-state index in [1.165, 1.54) is 10.9 Å². The second kappa shape index (κ2) is 4.28. The van der Waals surface area contributed by atoms with Crippen molar-refractivity contribution in [2.75, 3.05) is 0 Å². The quantitative estimate of drug-likeness (QED) is 0.791. The second-order valence-corrected chi connectivity index (χ2v) is 3.57. The molecule has 82 valence electrons. The molecule has 0 saturated heterocycles. The van der Waals surface area contributed by atoms with Crippen molar-refractivity contribution in [2.24, 2.45) is 5.73 Å². The summed E-state index contributed by atoms with van der Waals surface area (Å²) in [5.74, 6) is -0.159. The average Bonchev–Trinajstić information content (AvgIpc) is 2.72. The molecule has 2 aromatic rings. The van der Waals surface area contributed by atoms with Crippen LogP contribution >= 0.6 is 0 Å². The molecule has 1 heterocycles. The van der Waals surface area contributed by atoms with Crippen LogP contribution in [0.4, 0.5) is 0 Å². The number of imidazole rings is 1. The molecule has 0 saturated carbocycles. The van der Waals surface area contributed by atoms with E-state index < -0.39 is 6.04 Å². The normalized spacial score (nSPS) is 12.6. The van der Waals surface area contributed by atoms with Crippen LogP contribution in [0.15, 0.2) is 43.2 Å². The molecule has 1 unspecified atom stereocenters. The van der Waals surface area contributed by atoms with Gasteiger partial charge in [-0.3, -0.25) is 9.36 Å². The number of aromatic nitrogens is 2. The van der Waals surface area contributed by atoms with Crippen molar-refractivity contribution in [3.8, 4) is 0 Å². The first-order valence-electron chi connectivity index (χ1n) is 5.07. The van der Waals surface area contributed by atoms with Crippen LogP contribution in [0.3, 0.4) is 0 Å². The Balaban J connectivity index is 2.40. The SMILES string of the molecule is C=CCC(N)C(=O)n1cnc2ccccc21. The first-order chi connectivity index (χ1) is 7.74. The number of nitrogens with two attached hydrogens (primary N) is 1. The molecule has 0 aliphatic carbocycles. The summed E-state index contributed by atoms with van der Waals surface area (Å²) in [7, 11) is 0. The molecule has 4 nitrogen and oxygen atoms in total. The zero-order valence-corrected chi connectivity index (χ0v) is 8.84. The number of para-hydroxylation sites is 2. The molecule has 4 heteroatoms. The van der Waals surface area contributed by atoms with E-state index in [9.17, 15) is 4.79 Å². The van der Waals surface area contributed by atoms with Gasteiger partial charge in [0.1, 0.15) is 6.33 Å². The first kappa shape index (κ1) is 10.6. The third-order valence-corrected chi connectivity index (χ3v) is 2.43. The van der Waals surface area contributed by atoms with Crippen molar-refractivity contribution in [3.63, 3.8) is 0 Å². The summed E-state index contributed by atoms with van der Waals surface area (Å²) >= 11 is 0. The van der Waals surface area contributed by atoms with Gasteiger partial charge in [-0.25, -0.2) is 4.98 Å². The smallest absolute Gasteiger partial charge is 0.249 e. The van der Waals surface area contributed by atoms with Crippen LogP contribution in [-0.2, 0) is 0 Å². The van der Waals surface area contributed by atoms with Gasteiger partial charge in [0.25, 0.3) is 0 Å². The molecule has 0 aliphatic rings. The van der Waals surface area contributed by atoms with Crippen LogP contribution in [0.5, 0.6) is 0 Å². The first-order valence-corrected chi connectivity index (χ1v) is 5.07. The minimum absolute atomic E-state index is 0.159. The maximum atomic E-state index is 12.0. The van der Waals surface area contributed by atoms with Crippen LogP contribution in [0.25, 0.3) is 11.0 Å². The number of carbonyl (C=O) groups is 1. The number of benzene rings is 1. The van der Waals surface area contributed by atoms with E-state index >= 15 is 0 Å². The lowest BCUT2D eigenvalue weighted by molar-refractivity contribution is 0.0885. The molecule has 0 radical (unpaired) electrons. The number of hydrogen-bond donors (Lipinski definition) is 1. The Morgan fingerprint density at radius 3 is 3.06 bits per heavy atom. The van der Waals surface area contributed by atoms with Crippen molar-refractivity contribution >= 4 is 16.9 Å². The zero-order valence-electron chi connectivity index (χ0n) is 8.84. The number of fused-ring (bicyclic) bond motifs is 1. The highest BCUT2D eigenvalue weighted by Crippen LogP contribution is 2.12. The molecule has 1 aromatic carbocycles. The highest BCUT2D eigenvalue weighted by Gasteiger charge is 2.16. The summed E-state index contributed by atoms with van der Waals surface area (Å²) in [4.78, 5) is 16.1. The van der Waals surface area contributed by atoms with E-state index in [1.807, 2.05) is 24.3 Å². The monoisotopic (exact) mass is 215 g/mol. The zero-order chi connectivity index (χ0) is 11.5. The Hall–Kier alpha value is -1.94. The van der Waals surface area contributed by atoms with Gasteiger partial charge in [0.05, 0.1) is 17.1 Å². The van der Waals surface area contributed by atoms with Crippen LogP contribution in [0, 0.1) is 0 Å². The van der Waals surface area contributed by atoms with Crippen LogP contribution in [0.1, 0.15) is 11.2 Å². The fourth-order valence-corrected chi connectivity index (χ4v) is 1.59. The lowest BCUT2D eigenvalue weighted by Crippen LogP contribution is -2.33. The van der Waals surface area contributed by atoms with E-state index in [1.54, 1.807) is 6.08 Å². The number of hydrogen-bond acceptors (Lipinski definition) is 3. The molecule has 2 rings (SSSR count). The third kappa shape index (κ3) is 1.75. The number of rotatable bonds is 3. The van der Waals surface area contributed by atoms with E-state index in [4.69, 9.17) is 5.73 Å². The Labute approximate surface area is 93.4 Å². The topological polar surface area (TPSA) is 60.9 Å². The molecule has 0 fully saturated rings. The lowest BCUT2D eigenvalue weighted by Gasteiger charge is -2.08. The molecule has 1 aromatic heterocycles. The largest absolute Gasteiger partial charge is 0.320 e. The van der Waals surface area contributed by atoms with Gasteiger partial charge in [-0.15, -0.1) is 6.58 Å². The second-order valence-electron chi connectivity index (χ2n) is 3.57. The number of nitrogens with zero attached hydrogens (tertiary/aromatic N) is 2. The van der Waals surface area contributed by atoms with E-state index in [0.29, 0.717) is 6.42 Å². The molecule has 0 spiro atoms. The molecule has 0 bridgehead atoms. The molecular weight excluding hydrogens is 202 g/mol. The fourth-order valence-electron chi connectivity index (χ4n) is 1.59. The van der Waals surface area contributed by atoms with Crippen LogP contribution in [-0.4, -0.2) is 21.5 Å². The Bertz CT molecular complexity index is 530. The minimum Gasteiger partial charge on any atom is -0.320 e. The van der Waals surface area contributed by atoms with Gasteiger partial charge in [0, 0.05) is 0 Å². The lowest BCUT2D eigenvalue weighted by atomic mass is 10.2. The summed E-state index contributed by atoms with van der Waals surface area (Å²) in [6, 6.07) is 6.90. The standard InChI is InChI=1S/C12H13N3O/c1-2-5-9(13)12(16)15-8-14-10-6-3-4-7-11(10)15/h2-4,6-9H,1,5,13H2. The predicted molar refractivity (Wildman–Crippen MR) is 63.1 cm³/mol. The molecular formula is C12H13N3O. The summed E-state index contributed by atoms with van der Waals surface area (Å²) < 4.78 is 1.49. The van der Waals surface area contributed by atoms with Gasteiger partial charge in [-0.1, -0.05) is 18.2 Å².